The summed E-state index contributed by atoms with van der Waals surface area (Å²) < 4.78 is 2.06. The summed E-state index contributed by atoms with van der Waals surface area (Å²) >= 11 is 6.12. The highest BCUT2D eigenvalue weighted by Gasteiger charge is 2.33. The maximum Gasteiger partial charge on any atom is 0.101 e. The summed E-state index contributed by atoms with van der Waals surface area (Å²) in [4.78, 5) is 4.29. The quantitative estimate of drug-likeness (QED) is 0.923. The van der Waals surface area contributed by atoms with Crippen molar-refractivity contribution in [3.8, 4) is 11.8 Å². The molecule has 1 aliphatic heterocycles. The number of nitrogens with one attached hydrogen (secondary N) is 1. The van der Waals surface area contributed by atoms with Crippen LogP contribution in [-0.2, 0) is 5.41 Å². The zero-order valence-electron chi connectivity index (χ0n) is 11.2. The van der Waals surface area contributed by atoms with E-state index in [-0.39, 0.29) is 5.41 Å². The number of halogens is 1. The van der Waals surface area contributed by atoms with Crippen molar-refractivity contribution in [3.63, 3.8) is 0 Å². The molecule has 102 valence electrons. The van der Waals surface area contributed by atoms with Crippen LogP contribution in [0.3, 0.4) is 0 Å². The Morgan fingerprint density at radius 1 is 1.50 bits per heavy atom. The minimum Gasteiger partial charge on any atom is -0.316 e. The van der Waals surface area contributed by atoms with Crippen molar-refractivity contribution >= 4 is 11.6 Å². The molecule has 1 aliphatic rings. The molecule has 1 unspecified atom stereocenters. The van der Waals surface area contributed by atoms with Gasteiger partial charge in [-0.1, -0.05) is 18.5 Å². The number of hydrogen-bond donors (Lipinski definition) is 1. The first kappa shape index (κ1) is 13.2. The van der Waals surface area contributed by atoms with E-state index in [0.717, 1.165) is 25.2 Å². The van der Waals surface area contributed by atoms with Gasteiger partial charge in [0, 0.05) is 29.5 Å². The summed E-state index contributed by atoms with van der Waals surface area (Å²) in [7, 11) is 0. The van der Waals surface area contributed by atoms with E-state index in [2.05, 4.69) is 27.9 Å². The first-order chi connectivity index (χ1) is 9.64. The molecule has 3 rings (SSSR count). The first-order valence-electron chi connectivity index (χ1n) is 6.58. The Labute approximate surface area is 123 Å². The molecule has 1 saturated heterocycles. The van der Waals surface area contributed by atoms with Crippen molar-refractivity contribution in [3.05, 3.63) is 47.0 Å². The number of hydrogen-bond acceptors (Lipinski definition) is 3. The SMILES string of the molecule is CC1(c2cncn2-c2ccc(C#N)c(Cl)c2)CCNC1. The molecule has 2 heterocycles. The third kappa shape index (κ3) is 2.09. The Kier molecular flexibility index (Phi) is 3.25. The number of imidazole rings is 1. The second kappa shape index (κ2) is 4.93. The summed E-state index contributed by atoms with van der Waals surface area (Å²) in [5, 5.41) is 12.8. The maximum atomic E-state index is 8.95. The van der Waals surface area contributed by atoms with E-state index in [9.17, 15) is 0 Å². The predicted octanol–water partition coefficient (Wildman–Crippen LogP) is 2.65. The van der Waals surface area contributed by atoms with Gasteiger partial charge in [-0.15, -0.1) is 0 Å². The van der Waals surface area contributed by atoms with Gasteiger partial charge >= 0.3 is 0 Å². The lowest BCUT2D eigenvalue weighted by atomic mass is 9.86. The van der Waals surface area contributed by atoms with Crippen molar-refractivity contribution in [2.75, 3.05) is 13.1 Å². The van der Waals surface area contributed by atoms with Gasteiger partial charge in [0.05, 0.1) is 16.9 Å². The molecule has 0 aliphatic carbocycles. The van der Waals surface area contributed by atoms with Crippen LogP contribution in [0.1, 0.15) is 24.6 Å². The van der Waals surface area contributed by atoms with Crippen LogP contribution in [0.4, 0.5) is 0 Å². The molecule has 2 aromatic rings. The molecule has 0 amide bonds. The molecule has 1 N–H and O–H groups in total. The van der Waals surface area contributed by atoms with Gasteiger partial charge in [0.25, 0.3) is 0 Å². The number of nitrogens with zero attached hydrogens (tertiary/aromatic N) is 3. The molecule has 1 atom stereocenters. The molecule has 0 spiro atoms. The lowest BCUT2D eigenvalue weighted by Crippen LogP contribution is -2.27. The zero-order valence-corrected chi connectivity index (χ0v) is 12.0. The Bertz CT molecular complexity index is 677. The average Bonchev–Trinajstić information content (AvgIpc) is 3.08. The highest BCUT2D eigenvalue weighted by Crippen LogP contribution is 2.32. The third-order valence-corrected chi connectivity index (χ3v) is 4.29. The van der Waals surface area contributed by atoms with E-state index >= 15 is 0 Å². The normalized spacial score (nSPS) is 21.9. The van der Waals surface area contributed by atoms with E-state index in [4.69, 9.17) is 16.9 Å². The Morgan fingerprint density at radius 2 is 2.35 bits per heavy atom. The predicted molar refractivity (Wildman–Crippen MR) is 78.1 cm³/mol. The Morgan fingerprint density at radius 3 is 3.00 bits per heavy atom. The van der Waals surface area contributed by atoms with Gasteiger partial charge in [-0.2, -0.15) is 5.26 Å². The van der Waals surface area contributed by atoms with Crippen LogP contribution < -0.4 is 5.32 Å². The minimum absolute atomic E-state index is 0.0802. The van der Waals surface area contributed by atoms with Crippen LogP contribution in [0, 0.1) is 11.3 Å². The number of aromatic nitrogens is 2. The number of nitriles is 1. The van der Waals surface area contributed by atoms with Gasteiger partial charge in [-0.25, -0.2) is 4.98 Å². The number of rotatable bonds is 2. The van der Waals surface area contributed by atoms with Crippen LogP contribution in [0.5, 0.6) is 0 Å². The second-order valence-electron chi connectivity index (χ2n) is 5.41. The van der Waals surface area contributed by atoms with Gasteiger partial charge in [0.2, 0.25) is 0 Å². The van der Waals surface area contributed by atoms with Gasteiger partial charge in [0.1, 0.15) is 6.07 Å². The monoisotopic (exact) mass is 286 g/mol. The summed E-state index contributed by atoms with van der Waals surface area (Å²) in [5.41, 5.74) is 2.68. The lowest BCUT2D eigenvalue weighted by molar-refractivity contribution is 0.499. The van der Waals surface area contributed by atoms with Crippen molar-refractivity contribution in [2.45, 2.75) is 18.8 Å². The van der Waals surface area contributed by atoms with Crippen LogP contribution in [0.25, 0.3) is 5.69 Å². The van der Waals surface area contributed by atoms with Crippen LogP contribution in [0.2, 0.25) is 5.02 Å². The standard InChI is InChI=1S/C15H15ClN4/c1-15(4-5-18-9-15)14-8-19-10-20(14)12-3-2-11(7-17)13(16)6-12/h2-3,6,8,10,18H,4-5,9H2,1H3. The fourth-order valence-corrected chi connectivity index (χ4v) is 2.94. The molecule has 4 nitrogen and oxygen atoms in total. The molecule has 1 aromatic carbocycles. The molecule has 5 heteroatoms. The summed E-state index contributed by atoms with van der Waals surface area (Å²) in [6.07, 6.45) is 4.80. The summed E-state index contributed by atoms with van der Waals surface area (Å²) in [5.74, 6) is 0. The van der Waals surface area contributed by atoms with Crippen LogP contribution in [-0.4, -0.2) is 22.6 Å². The Hall–Kier alpha value is -1.83. The zero-order chi connectivity index (χ0) is 14.2. The fourth-order valence-electron chi connectivity index (χ4n) is 2.73. The average molecular weight is 287 g/mol. The van der Waals surface area contributed by atoms with Gasteiger partial charge in [0.15, 0.2) is 0 Å². The second-order valence-corrected chi connectivity index (χ2v) is 5.82. The molecule has 20 heavy (non-hydrogen) atoms. The minimum atomic E-state index is 0.0802. The highest BCUT2D eigenvalue weighted by molar-refractivity contribution is 6.31. The largest absolute Gasteiger partial charge is 0.316 e. The maximum absolute atomic E-state index is 8.95. The van der Waals surface area contributed by atoms with E-state index in [1.165, 1.54) is 5.69 Å². The molecule has 0 saturated carbocycles. The van der Waals surface area contributed by atoms with E-state index in [1.54, 1.807) is 12.4 Å². The Balaban J connectivity index is 2.06. The van der Waals surface area contributed by atoms with E-state index < -0.39 is 0 Å². The van der Waals surface area contributed by atoms with Crippen LogP contribution >= 0.6 is 11.6 Å². The highest BCUT2D eigenvalue weighted by atomic mass is 35.5. The summed E-state index contributed by atoms with van der Waals surface area (Å²) in [6, 6.07) is 7.55. The van der Waals surface area contributed by atoms with E-state index in [1.807, 2.05) is 18.3 Å². The van der Waals surface area contributed by atoms with Gasteiger partial charge < -0.3 is 9.88 Å². The van der Waals surface area contributed by atoms with E-state index in [0.29, 0.717) is 10.6 Å². The fraction of sp³-hybridized carbons (Fsp3) is 0.333. The van der Waals surface area contributed by atoms with Gasteiger partial charge in [-0.05, 0) is 31.2 Å². The molecular weight excluding hydrogens is 272 g/mol. The first-order valence-corrected chi connectivity index (χ1v) is 6.95. The van der Waals surface area contributed by atoms with Crippen LogP contribution in [0.15, 0.2) is 30.7 Å². The smallest absolute Gasteiger partial charge is 0.101 e. The summed E-state index contributed by atoms with van der Waals surface area (Å²) in [6.45, 7) is 4.21. The van der Waals surface area contributed by atoms with Crippen molar-refractivity contribution in [1.29, 1.82) is 5.26 Å². The molecule has 0 bridgehead atoms. The molecule has 0 radical (unpaired) electrons. The van der Waals surface area contributed by atoms with Crippen molar-refractivity contribution in [2.24, 2.45) is 0 Å². The lowest BCUT2D eigenvalue weighted by Gasteiger charge is -2.24. The topological polar surface area (TPSA) is 53.6 Å². The van der Waals surface area contributed by atoms with Crippen molar-refractivity contribution < 1.29 is 0 Å². The third-order valence-electron chi connectivity index (χ3n) is 3.98. The van der Waals surface area contributed by atoms with Gasteiger partial charge in [-0.3, -0.25) is 0 Å². The molecule has 1 aromatic heterocycles. The van der Waals surface area contributed by atoms with Crippen molar-refractivity contribution in [1.82, 2.24) is 14.9 Å². The number of benzene rings is 1. The molecule has 1 fully saturated rings. The molecular formula is C15H15ClN4.